The fourth-order valence-corrected chi connectivity index (χ4v) is 2.43. The standard InChI is InChI=1S/C16H23NO/c1-12(2)9-15-11-18-16(17-15)13(3)10-14-7-5-4-6-8-14/h4-8,12-13,15H,9-11H2,1-3H3/t13-,15+/m0/s1. The van der Waals surface area contributed by atoms with Crippen molar-refractivity contribution in [1.82, 2.24) is 0 Å². The van der Waals surface area contributed by atoms with E-state index in [0.717, 1.165) is 25.3 Å². The van der Waals surface area contributed by atoms with Gasteiger partial charge in [-0.2, -0.15) is 0 Å². The van der Waals surface area contributed by atoms with Crippen LogP contribution in [0.5, 0.6) is 0 Å². The van der Waals surface area contributed by atoms with Gasteiger partial charge in [0, 0.05) is 5.92 Å². The van der Waals surface area contributed by atoms with Crippen LogP contribution in [0, 0.1) is 11.8 Å². The van der Waals surface area contributed by atoms with Crippen molar-refractivity contribution in [3.8, 4) is 0 Å². The Kier molecular flexibility index (Phi) is 4.40. The summed E-state index contributed by atoms with van der Waals surface area (Å²) < 4.78 is 5.75. The molecule has 0 saturated carbocycles. The monoisotopic (exact) mass is 245 g/mol. The molecule has 1 aliphatic rings. The van der Waals surface area contributed by atoms with E-state index in [1.807, 2.05) is 0 Å². The lowest BCUT2D eigenvalue weighted by Gasteiger charge is -2.10. The average Bonchev–Trinajstić information content (AvgIpc) is 2.78. The van der Waals surface area contributed by atoms with Gasteiger partial charge in [0.15, 0.2) is 5.90 Å². The summed E-state index contributed by atoms with van der Waals surface area (Å²) >= 11 is 0. The first kappa shape index (κ1) is 13.1. The van der Waals surface area contributed by atoms with Gasteiger partial charge in [0.25, 0.3) is 0 Å². The number of ether oxygens (including phenoxy) is 1. The number of hydrogen-bond acceptors (Lipinski definition) is 2. The molecule has 98 valence electrons. The van der Waals surface area contributed by atoms with Crippen molar-refractivity contribution in [2.45, 2.75) is 39.7 Å². The van der Waals surface area contributed by atoms with Gasteiger partial charge < -0.3 is 4.74 Å². The van der Waals surface area contributed by atoms with Gasteiger partial charge in [-0.05, 0) is 24.3 Å². The van der Waals surface area contributed by atoms with E-state index >= 15 is 0 Å². The van der Waals surface area contributed by atoms with Crippen LogP contribution in [0.25, 0.3) is 0 Å². The Labute approximate surface area is 110 Å². The maximum absolute atomic E-state index is 5.75. The Morgan fingerprint density at radius 1 is 1.22 bits per heavy atom. The maximum atomic E-state index is 5.75. The van der Waals surface area contributed by atoms with Crippen LogP contribution in [0.2, 0.25) is 0 Å². The number of aliphatic imine (C=N–C) groups is 1. The van der Waals surface area contributed by atoms with Crippen LogP contribution in [0.1, 0.15) is 32.8 Å². The molecule has 0 radical (unpaired) electrons. The summed E-state index contributed by atoms with van der Waals surface area (Å²) in [6.45, 7) is 7.44. The molecule has 0 N–H and O–H groups in total. The lowest BCUT2D eigenvalue weighted by atomic mass is 10.0. The Balaban J connectivity index is 1.92. The van der Waals surface area contributed by atoms with Gasteiger partial charge in [-0.15, -0.1) is 0 Å². The van der Waals surface area contributed by atoms with Crippen molar-refractivity contribution in [3.63, 3.8) is 0 Å². The van der Waals surface area contributed by atoms with Crippen molar-refractivity contribution in [2.75, 3.05) is 6.61 Å². The molecule has 0 saturated heterocycles. The van der Waals surface area contributed by atoms with Gasteiger partial charge in [0.2, 0.25) is 0 Å². The van der Waals surface area contributed by atoms with Gasteiger partial charge in [-0.3, -0.25) is 0 Å². The molecule has 2 nitrogen and oxygen atoms in total. The van der Waals surface area contributed by atoms with Crippen LogP contribution in [-0.2, 0) is 11.2 Å². The molecule has 0 aliphatic carbocycles. The largest absolute Gasteiger partial charge is 0.478 e. The van der Waals surface area contributed by atoms with E-state index < -0.39 is 0 Å². The number of rotatable bonds is 5. The Morgan fingerprint density at radius 2 is 1.94 bits per heavy atom. The normalized spacial score (nSPS) is 20.7. The molecule has 0 unspecified atom stereocenters. The molecule has 18 heavy (non-hydrogen) atoms. The first-order valence-electron chi connectivity index (χ1n) is 6.89. The van der Waals surface area contributed by atoms with E-state index in [1.54, 1.807) is 0 Å². The highest BCUT2D eigenvalue weighted by Gasteiger charge is 2.23. The van der Waals surface area contributed by atoms with Gasteiger partial charge >= 0.3 is 0 Å². The minimum atomic E-state index is 0.373. The van der Waals surface area contributed by atoms with Gasteiger partial charge in [-0.25, -0.2) is 4.99 Å². The molecular weight excluding hydrogens is 222 g/mol. The van der Waals surface area contributed by atoms with E-state index in [0.29, 0.717) is 17.9 Å². The van der Waals surface area contributed by atoms with Gasteiger partial charge in [0.1, 0.15) is 6.61 Å². The van der Waals surface area contributed by atoms with E-state index in [4.69, 9.17) is 9.73 Å². The Bertz CT molecular complexity index is 397. The quantitative estimate of drug-likeness (QED) is 0.775. The van der Waals surface area contributed by atoms with E-state index in [-0.39, 0.29) is 0 Å². The van der Waals surface area contributed by atoms with Crippen molar-refractivity contribution >= 4 is 5.90 Å². The van der Waals surface area contributed by atoms with Crippen LogP contribution < -0.4 is 0 Å². The number of hydrogen-bond donors (Lipinski definition) is 0. The molecule has 0 spiro atoms. The first-order chi connectivity index (χ1) is 8.65. The highest BCUT2D eigenvalue weighted by atomic mass is 16.5. The molecular formula is C16H23NO. The molecule has 2 atom stereocenters. The summed E-state index contributed by atoms with van der Waals surface area (Å²) in [4.78, 5) is 4.72. The predicted molar refractivity (Wildman–Crippen MR) is 75.9 cm³/mol. The first-order valence-corrected chi connectivity index (χ1v) is 6.89. The van der Waals surface area contributed by atoms with Crippen LogP contribution in [-0.4, -0.2) is 18.5 Å². The molecule has 0 aromatic heterocycles. The highest BCUT2D eigenvalue weighted by Crippen LogP contribution is 2.19. The second-order valence-electron chi connectivity index (χ2n) is 5.65. The van der Waals surface area contributed by atoms with Crippen molar-refractivity contribution < 1.29 is 4.74 Å². The predicted octanol–water partition coefficient (Wildman–Crippen LogP) is 3.71. The fourth-order valence-electron chi connectivity index (χ4n) is 2.43. The Morgan fingerprint density at radius 3 is 2.61 bits per heavy atom. The molecule has 0 bridgehead atoms. The second-order valence-corrected chi connectivity index (χ2v) is 5.65. The van der Waals surface area contributed by atoms with Crippen LogP contribution in [0.15, 0.2) is 35.3 Å². The van der Waals surface area contributed by atoms with Crippen molar-refractivity contribution in [2.24, 2.45) is 16.8 Å². The molecule has 1 heterocycles. The number of nitrogens with zero attached hydrogens (tertiary/aromatic N) is 1. The minimum absolute atomic E-state index is 0.373. The van der Waals surface area contributed by atoms with E-state index in [1.165, 1.54) is 5.56 Å². The lowest BCUT2D eigenvalue weighted by Crippen LogP contribution is -2.14. The molecule has 1 aliphatic heterocycles. The summed E-state index contributed by atoms with van der Waals surface area (Å²) in [7, 11) is 0. The molecule has 1 aromatic carbocycles. The summed E-state index contributed by atoms with van der Waals surface area (Å²) in [6.07, 6.45) is 2.13. The molecule has 2 rings (SSSR count). The van der Waals surface area contributed by atoms with Crippen molar-refractivity contribution in [3.05, 3.63) is 35.9 Å². The summed E-state index contributed by atoms with van der Waals surface area (Å²) in [5.74, 6) is 2.01. The third-order valence-electron chi connectivity index (χ3n) is 3.28. The lowest BCUT2D eigenvalue weighted by molar-refractivity contribution is 0.286. The molecule has 2 heteroatoms. The third kappa shape index (κ3) is 3.59. The fraction of sp³-hybridized carbons (Fsp3) is 0.562. The zero-order valence-electron chi connectivity index (χ0n) is 11.6. The third-order valence-corrected chi connectivity index (χ3v) is 3.28. The summed E-state index contributed by atoms with van der Waals surface area (Å²) in [6, 6.07) is 10.9. The topological polar surface area (TPSA) is 21.6 Å². The SMILES string of the molecule is CC(C)C[C@@H]1COC([C@@H](C)Cc2ccccc2)=N1. The van der Waals surface area contributed by atoms with Crippen molar-refractivity contribution in [1.29, 1.82) is 0 Å². The molecule has 1 aromatic rings. The van der Waals surface area contributed by atoms with Gasteiger partial charge in [-0.1, -0.05) is 51.1 Å². The van der Waals surface area contributed by atoms with Crippen LogP contribution in [0.4, 0.5) is 0 Å². The van der Waals surface area contributed by atoms with Crippen LogP contribution in [0.3, 0.4) is 0 Å². The highest BCUT2D eigenvalue weighted by molar-refractivity contribution is 5.80. The zero-order valence-corrected chi connectivity index (χ0v) is 11.6. The van der Waals surface area contributed by atoms with Gasteiger partial charge in [0.05, 0.1) is 6.04 Å². The average molecular weight is 245 g/mol. The smallest absolute Gasteiger partial charge is 0.186 e. The zero-order chi connectivity index (χ0) is 13.0. The second kappa shape index (κ2) is 6.03. The van der Waals surface area contributed by atoms with E-state index in [2.05, 4.69) is 51.1 Å². The number of benzene rings is 1. The summed E-state index contributed by atoms with van der Waals surface area (Å²) in [5, 5.41) is 0. The molecule has 0 amide bonds. The Hall–Kier alpha value is -1.31. The van der Waals surface area contributed by atoms with Crippen LogP contribution >= 0.6 is 0 Å². The summed E-state index contributed by atoms with van der Waals surface area (Å²) in [5.41, 5.74) is 1.35. The molecule has 0 fully saturated rings. The minimum Gasteiger partial charge on any atom is -0.478 e. The van der Waals surface area contributed by atoms with E-state index in [9.17, 15) is 0 Å². The maximum Gasteiger partial charge on any atom is 0.186 e.